The van der Waals surface area contributed by atoms with Crippen LogP contribution in [0.5, 0.6) is 17.2 Å². The summed E-state index contributed by atoms with van der Waals surface area (Å²) >= 11 is 6.13. The van der Waals surface area contributed by atoms with E-state index in [4.69, 9.17) is 25.8 Å². The molecule has 0 atom stereocenters. The summed E-state index contributed by atoms with van der Waals surface area (Å²) in [7, 11) is 4.31. The van der Waals surface area contributed by atoms with E-state index in [-0.39, 0.29) is 16.3 Å². The van der Waals surface area contributed by atoms with Crippen molar-refractivity contribution >= 4 is 11.6 Å². The average Bonchev–Trinajstić information content (AvgIpc) is 2.54. The van der Waals surface area contributed by atoms with E-state index < -0.39 is 11.7 Å². The zero-order valence-electron chi connectivity index (χ0n) is 14.3. The van der Waals surface area contributed by atoms with Crippen molar-refractivity contribution in [2.24, 2.45) is 0 Å². The Morgan fingerprint density at radius 3 is 2.04 bits per heavy atom. The highest BCUT2D eigenvalue weighted by atomic mass is 35.5. The van der Waals surface area contributed by atoms with E-state index in [2.05, 4.69) is 4.98 Å². The molecule has 0 unspecified atom stereocenters. The molecule has 1 heterocycles. The first-order valence-electron chi connectivity index (χ1n) is 7.19. The lowest BCUT2D eigenvalue weighted by Crippen LogP contribution is -2.10. The van der Waals surface area contributed by atoms with E-state index in [0.717, 1.165) is 6.20 Å². The van der Waals surface area contributed by atoms with Gasteiger partial charge in [-0.25, -0.2) is 4.98 Å². The third-order valence-electron chi connectivity index (χ3n) is 3.95. The third-order valence-corrected chi connectivity index (χ3v) is 4.23. The lowest BCUT2D eigenvalue weighted by Gasteiger charge is -2.20. The van der Waals surface area contributed by atoms with Crippen molar-refractivity contribution in [1.82, 2.24) is 4.98 Å². The number of halogens is 4. The molecule has 0 saturated heterocycles. The molecule has 25 heavy (non-hydrogen) atoms. The number of ether oxygens (including phenoxy) is 3. The molecule has 0 aliphatic rings. The van der Waals surface area contributed by atoms with Crippen molar-refractivity contribution in [3.8, 4) is 28.4 Å². The van der Waals surface area contributed by atoms with Gasteiger partial charge in [-0.15, -0.1) is 0 Å². The van der Waals surface area contributed by atoms with Gasteiger partial charge in [0.05, 0.1) is 26.9 Å². The molecular weight excluding hydrogens is 359 g/mol. The molecule has 136 valence electrons. The number of rotatable bonds is 4. The molecule has 0 amide bonds. The number of nitrogens with zero attached hydrogens (tertiary/aromatic N) is 1. The van der Waals surface area contributed by atoms with Crippen LogP contribution in [0.1, 0.15) is 16.7 Å². The van der Waals surface area contributed by atoms with Crippen molar-refractivity contribution in [1.29, 1.82) is 0 Å². The van der Waals surface area contributed by atoms with Gasteiger partial charge < -0.3 is 14.2 Å². The molecule has 8 heteroatoms. The molecule has 2 aromatic rings. The van der Waals surface area contributed by atoms with Crippen molar-refractivity contribution in [3.63, 3.8) is 0 Å². The third kappa shape index (κ3) is 3.33. The predicted molar refractivity (Wildman–Crippen MR) is 88.8 cm³/mol. The normalized spacial score (nSPS) is 11.4. The minimum atomic E-state index is -4.54. The molecule has 4 nitrogen and oxygen atoms in total. The molecule has 2 rings (SSSR count). The van der Waals surface area contributed by atoms with E-state index in [1.54, 1.807) is 13.0 Å². The fraction of sp³-hybridized carbons (Fsp3) is 0.353. The SMILES string of the molecule is COc1cc(-c2c(Cl)ncc(C(F)(F)F)c2C)c(C)c(OC)c1OC. The molecule has 0 aliphatic heterocycles. The molecule has 1 aromatic carbocycles. The number of aromatic nitrogens is 1. The Bertz CT molecular complexity index is 807. The molecule has 0 radical (unpaired) electrons. The summed E-state index contributed by atoms with van der Waals surface area (Å²) in [5.41, 5.74) is 0.292. The van der Waals surface area contributed by atoms with Gasteiger partial charge in [0.2, 0.25) is 5.75 Å². The largest absolute Gasteiger partial charge is 0.493 e. The molecular formula is C17H17ClF3NO3. The smallest absolute Gasteiger partial charge is 0.418 e. The Balaban J connectivity index is 2.88. The number of pyridine rings is 1. The molecule has 0 fully saturated rings. The van der Waals surface area contributed by atoms with Crippen molar-refractivity contribution in [2.75, 3.05) is 21.3 Å². The van der Waals surface area contributed by atoms with Crippen molar-refractivity contribution in [3.05, 3.63) is 34.1 Å². The van der Waals surface area contributed by atoms with Crippen LogP contribution in [0, 0.1) is 13.8 Å². The predicted octanol–water partition coefficient (Wildman–Crippen LogP) is 5.06. The molecule has 0 N–H and O–H groups in total. The maximum atomic E-state index is 13.2. The monoisotopic (exact) mass is 375 g/mol. The quantitative estimate of drug-likeness (QED) is 0.700. The summed E-state index contributed by atoms with van der Waals surface area (Å²) in [6.07, 6.45) is -3.81. The van der Waals surface area contributed by atoms with Gasteiger partial charge in [-0.2, -0.15) is 13.2 Å². The second kappa shape index (κ2) is 7.00. The van der Waals surface area contributed by atoms with Gasteiger partial charge >= 0.3 is 6.18 Å². The molecule has 0 spiro atoms. The first-order valence-corrected chi connectivity index (χ1v) is 7.57. The lowest BCUT2D eigenvalue weighted by molar-refractivity contribution is -0.138. The topological polar surface area (TPSA) is 40.6 Å². The van der Waals surface area contributed by atoms with Gasteiger partial charge in [0.15, 0.2) is 11.5 Å². The summed E-state index contributed by atoms with van der Waals surface area (Å²) in [5.74, 6) is 1.01. The second-order valence-corrected chi connectivity index (χ2v) is 5.64. The van der Waals surface area contributed by atoms with Crippen LogP contribution in [0.4, 0.5) is 13.2 Å². The van der Waals surface area contributed by atoms with Crippen LogP contribution >= 0.6 is 11.6 Å². The summed E-state index contributed by atoms with van der Waals surface area (Å²) in [6.45, 7) is 3.06. The Kier molecular flexibility index (Phi) is 5.37. The number of alkyl halides is 3. The van der Waals surface area contributed by atoms with Crippen LogP contribution in [0.2, 0.25) is 5.15 Å². The van der Waals surface area contributed by atoms with E-state index in [1.165, 1.54) is 28.3 Å². The standard InChI is InChI=1S/C17H17ClF3NO3/c1-8-10(6-12(23-3)15(25-5)14(8)24-4)13-9(2)11(17(19,20)21)7-22-16(13)18/h6-7H,1-5H3. The van der Waals surface area contributed by atoms with Gasteiger partial charge in [-0.05, 0) is 31.0 Å². The van der Waals surface area contributed by atoms with Crippen molar-refractivity contribution < 1.29 is 27.4 Å². The summed E-state index contributed by atoms with van der Waals surface area (Å²) in [6, 6.07) is 1.56. The summed E-state index contributed by atoms with van der Waals surface area (Å²) in [5, 5.41) is -0.0390. The van der Waals surface area contributed by atoms with Crippen molar-refractivity contribution in [2.45, 2.75) is 20.0 Å². The zero-order valence-corrected chi connectivity index (χ0v) is 15.1. The fourth-order valence-corrected chi connectivity index (χ4v) is 3.02. The van der Waals surface area contributed by atoms with Crippen LogP contribution in [0.25, 0.3) is 11.1 Å². The van der Waals surface area contributed by atoms with Gasteiger partial charge in [-0.3, -0.25) is 0 Å². The number of hydrogen-bond acceptors (Lipinski definition) is 4. The molecule has 1 aromatic heterocycles. The highest BCUT2D eigenvalue weighted by Crippen LogP contribution is 2.47. The lowest BCUT2D eigenvalue weighted by atomic mass is 9.94. The number of hydrogen-bond donors (Lipinski definition) is 0. The zero-order chi connectivity index (χ0) is 18.9. The summed E-state index contributed by atoms with van der Waals surface area (Å²) in [4.78, 5) is 3.71. The van der Waals surface area contributed by atoms with Gasteiger partial charge in [0, 0.05) is 17.3 Å². The molecule has 0 saturated carbocycles. The van der Waals surface area contributed by atoms with E-state index in [1.807, 2.05) is 0 Å². The minimum absolute atomic E-state index is 0.0233. The summed E-state index contributed by atoms with van der Waals surface area (Å²) < 4.78 is 55.6. The second-order valence-electron chi connectivity index (χ2n) is 5.28. The van der Waals surface area contributed by atoms with Gasteiger partial charge in [-0.1, -0.05) is 11.6 Å². The highest BCUT2D eigenvalue weighted by Gasteiger charge is 2.35. The molecule has 0 aliphatic carbocycles. The van der Waals surface area contributed by atoms with Crippen LogP contribution in [0.3, 0.4) is 0 Å². The molecule has 0 bridgehead atoms. The Labute approximate surface area is 148 Å². The Hall–Kier alpha value is -2.15. The van der Waals surface area contributed by atoms with Crippen LogP contribution < -0.4 is 14.2 Å². The van der Waals surface area contributed by atoms with Gasteiger partial charge in [0.1, 0.15) is 5.15 Å². The fourth-order valence-electron chi connectivity index (χ4n) is 2.73. The van der Waals surface area contributed by atoms with E-state index >= 15 is 0 Å². The Morgan fingerprint density at radius 2 is 1.56 bits per heavy atom. The van der Waals surface area contributed by atoms with Crippen LogP contribution in [-0.4, -0.2) is 26.3 Å². The number of benzene rings is 1. The minimum Gasteiger partial charge on any atom is -0.493 e. The van der Waals surface area contributed by atoms with Crippen LogP contribution in [-0.2, 0) is 6.18 Å². The first-order chi connectivity index (χ1) is 11.7. The maximum Gasteiger partial charge on any atom is 0.418 e. The maximum absolute atomic E-state index is 13.2. The number of methoxy groups -OCH3 is 3. The average molecular weight is 376 g/mol. The Morgan fingerprint density at radius 1 is 0.960 bits per heavy atom. The first kappa shape index (κ1) is 19.2. The van der Waals surface area contributed by atoms with E-state index in [9.17, 15) is 13.2 Å². The van der Waals surface area contributed by atoms with Gasteiger partial charge in [0.25, 0.3) is 0 Å². The highest BCUT2D eigenvalue weighted by molar-refractivity contribution is 6.32. The van der Waals surface area contributed by atoms with E-state index in [0.29, 0.717) is 28.4 Å². The van der Waals surface area contributed by atoms with Crippen LogP contribution in [0.15, 0.2) is 12.3 Å².